The third-order valence-electron chi connectivity index (χ3n) is 2.75. The highest BCUT2D eigenvalue weighted by Crippen LogP contribution is 2.15. The molecule has 0 heterocycles. The number of methoxy groups -OCH3 is 1. The van der Waals surface area contributed by atoms with Gasteiger partial charge in [-0.3, -0.25) is 4.79 Å². The van der Waals surface area contributed by atoms with Crippen LogP contribution in [-0.2, 0) is 9.53 Å². The van der Waals surface area contributed by atoms with Gasteiger partial charge in [-0.2, -0.15) is 0 Å². The third-order valence-corrected chi connectivity index (χ3v) is 2.75. The monoisotopic (exact) mass is 244 g/mol. The van der Waals surface area contributed by atoms with E-state index in [1.54, 1.807) is 7.11 Å². The van der Waals surface area contributed by atoms with Crippen molar-refractivity contribution in [1.82, 2.24) is 5.32 Å². The lowest BCUT2D eigenvalue weighted by Crippen LogP contribution is -2.52. The number of unbranched alkanes of at least 4 members (excludes halogenated alkanes) is 1. The Kier molecular flexibility index (Phi) is 8.17. The van der Waals surface area contributed by atoms with Crippen LogP contribution in [0.5, 0.6) is 0 Å². The first kappa shape index (κ1) is 16.4. The van der Waals surface area contributed by atoms with E-state index in [2.05, 4.69) is 19.2 Å². The summed E-state index contributed by atoms with van der Waals surface area (Å²) in [5.74, 6) is 0.618. The number of ether oxygens (including phenoxy) is 1. The van der Waals surface area contributed by atoms with Gasteiger partial charge in [-0.25, -0.2) is 0 Å². The first-order chi connectivity index (χ1) is 7.93. The van der Waals surface area contributed by atoms with Gasteiger partial charge < -0.3 is 15.8 Å². The van der Waals surface area contributed by atoms with Gasteiger partial charge in [0.25, 0.3) is 0 Å². The number of nitrogens with one attached hydrogen (secondary N) is 1. The zero-order chi connectivity index (χ0) is 13.3. The molecule has 0 aliphatic rings. The fourth-order valence-corrected chi connectivity index (χ4v) is 2.02. The average Bonchev–Trinajstić information content (AvgIpc) is 2.23. The Morgan fingerprint density at radius 3 is 2.53 bits per heavy atom. The molecule has 0 rings (SSSR count). The fraction of sp³-hybridized carbons (Fsp3) is 0.923. The van der Waals surface area contributed by atoms with E-state index in [1.807, 2.05) is 6.92 Å². The second-order valence-electron chi connectivity index (χ2n) is 5.36. The number of carbonyl (C=O) groups is 1. The van der Waals surface area contributed by atoms with Crippen LogP contribution in [0.1, 0.15) is 46.5 Å². The average molecular weight is 244 g/mol. The Bertz CT molecular complexity index is 219. The summed E-state index contributed by atoms with van der Waals surface area (Å²) in [7, 11) is 1.67. The lowest BCUT2D eigenvalue weighted by atomic mass is 9.90. The summed E-state index contributed by atoms with van der Waals surface area (Å²) < 4.78 is 4.95. The molecule has 0 aliphatic carbocycles. The van der Waals surface area contributed by atoms with E-state index in [9.17, 15) is 4.79 Å². The first-order valence-electron chi connectivity index (χ1n) is 6.43. The largest absolute Gasteiger partial charge is 0.385 e. The van der Waals surface area contributed by atoms with Crippen LogP contribution in [0.3, 0.4) is 0 Å². The number of rotatable bonds is 9. The van der Waals surface area contributed by atoms with E-state index in [-0.39, 0.29) is 11.4 Å². The summed E-state index contributed by atoms with van der Waals surface area (Å²) in [4.78, 5) is 11.8. The molecule has 0 saturated heterocycles. The van der Waals surface area contributed by atoms with Crippen molar-refractivity contribution in [2.75, 3.05) is 20.3 Å². The second kappa shape index (κ2) is 8.48. The normalized spacial score (nSPS) is 14.7. The van der Waals surface area contributed by atoms with Crippen molar-refractivity contribution in [2.24, 2.45) is 11.7 Å². The molecule has 0 aromatic heterocycles. The number of nitrogens with two attached hydrogens (primary N) is 1. The zero-order valence-electron chi connectivity index (χ0n) is 11.7. The quantitative estimate of drug-likeness (QED) is 0.607. The van der Waals surface area contributed by atoms with E-state index in [0.717, 1.165) is 19.3 Å². The molecular formula is C13H28N2O2. The maximum absolute atomic E-state index is 11.8. The molecule has 0 aliphatic heterocycles. The molecule has 0 spiro atoms. The van der Waals surface area contributed by atoms with Gasteiger partial charge in [0, 0.05) is 32.2 Å². The molecule has 0 fully saturated rings. The molecule has 1 amide bonds. The first-order valence-corrected chi connectivity index (χ1v) is 6.43. The fourth-order valence-electron chi connectivity index (χ4n) is 2.02. The zero-order valence-corrected chi connectivity index (χ0v) is 11.7. The third kappa shape index (κ3) is 8.16. The van der Waals surface area contributed by atoms with Gasteiger partial charge in [0.15, 0.2) is 0 Å². The summed E-state index contributed by atoms with van der Waals surface area (Å²) in [6.45, 7) is 7.49. The highest BCUT2D eigenvalue weighted by molar-refractivity contribution is 5.76. The van der Waals surface area contributed by atoms with Crippen LogP contribution in [0.2, 0.25) is 0 Å². The van der Waals surface area contributed by atoms with Gasteiger partial charge >= 0.3 is 0 Å². The molecule has 17 heavy (non-hydrogen) atoms. The highest BCUT2D eigenvalue weighted by Gasteiger charge is 2.25. The molecule has 0 radical (unpaired) electrons. The summed E-state index contributed by atoms with van der Waals surface area (Å²) in [6, 6.07) is 0. The standard InChI is InChI=1S/C13H28N2O2/c1-11(2)9-13(3,10-14)15-12(16)7-5-6-8-17-4/h11H,5-10,14H2,1-4H3,(H,15,16). The summed E-state index contributed by atoms with van der Waals surface area (Å²) in [5, 5.41) is 3.05. The molecular weight excluding hydrogens is 216 g/mol. The smallest absolute Gasteiger partial charge is 0.220 e. The van der Waals surface area contributed by atoms with Crippen LogP contribution in [0.25, 0.3) is 0 Å². The van der Waals surface area contributed by atoms with Crippen molar-refractivity contribution in [3.8, 4) is 0 Å². The number of carbonyl (C=O) groups excluding carboxylic acids is 1. The molecule has 3 N–H and O–H groups in total. The van der Waals surface area contributed by atoms with E-state index in [1.165, 1.54) is 0 Å². The minimum Gasteiger partial charge on any atom is -0.385 e. The predicted molar refractivity (Wildman–Crippen MR) is 70.8 cm³/mol. The van der Waals surface area contributed by atoms with Crippen LogP contribution >= 0.6 is 0 Å². The van der Waals surface area contributed by atoms with Crippen LogP contribution in [0.15, 0.2) is 0 Å². The topological polar surface area (TPSA) is 64.3 Å². The van der Waals surface area contributed by atoms with E-state index >= 15 is 0 Å². The van der Waals surface area contributed by atoms with Crippen molar-refractivity contribution >= 4 is 5.91 Å². The van der Waals surface area contributed by atoms with Crippen LogP contribution < -0.4 is 11.1 Å². The highest BCUT2D eigenvalue weighted by atomic mass is 16.5. The van der Waals surface area contributed by atoms with Gasteiger partial charge in [0.05, 0.1) is 0 Å². The van der Waals surface area contributed by atoms with Crippen molar-refractivity contribution in [2.45, 2.75) is 52.0 Å². The molecule has 4 nitrogen and oxygen atoms in total. The van der Waals surface area contributed by atoms with E-state index < -0.39 is 0 Å². The van der Waals surface area contributed by atoms with Gasteiger partial charge in [-0.05, 0) is 32.1 Å². The van der Waals surface area contributed by atoms with Crippen molar-refractivity contribution in [3.63, 3.8) is 0 Å². The SMILES string of the molecule is COCCCCC(=O)NC(C)(CN)CC(C)C. The van der Waals surface area contributed by atoms with Gasteiger partial charge in [-0.1, -0.05) is 13.8 Å². The Morgan fingerprint density at radius 1 is 1.41 bits per heavy atom. The molecule has 102 valence electrons. The molecule has 1 atom stereocenters. The Labute approximate surface area is 105 Å². The van der Waals surface area contributed by atoms with Crippen LogP contribution in [-0.4, -0.2) is 31.7 Å². The number of hydrogen-bond acceptors (Lipinski definition) is 3. The van der Waals surface area contributed by atoms with Gasteiger partial charge in [-0.15, -0.1) is 0 Å². The van der Waals surface area contributed by atoms with Crippen LogP contribution in [0.4, 0.5) is 0 Å². The molecule has 4 heteroatoms. The van der Waals surface area contributed by atoms with Crippen LogP contribution in [0, 0.1) is 5.92 Å². The maximum atomic E-state index is 11.8. The molecule has 0 bridgehead atoms. The lowest BCUT2D eigenvalue weighted by Gasteiger charge is -2.31. The lowest BCUT2D eigenvalue weighted by molar-refractivity contribution is -0.123. The Morgan fingerprint density at radius 2 is 2.06 bits per heavy atom. The minimum atomic E-state index is -0.271. The maximum Gasteiger partial charge on any atom is 0.220 e. The molecule has 0 aromatic rings. The number of amides is 1. The molecule has 1 unspecified atom stereocenters. The Balaban J connectivity index is 3.97. The van der Waals surface area contributed by atoms with E-state index in [0.29, 0.717) is 25.5 Å². The van der Waals surface area contributed by atoms with Crippen molar-refractivity contribution in [1.29, 1.82) is 0 Å². The van der Waals surface area contributed by atoms with Crippen molar-refractivity contribution < 1.29 is 9.53 Å². The summed E-state index contributed by atoms with van der Waals surface area (Å²) in [5.41, 5.74) is 5.47. The summed E-state index contributed by atoms with van der Waals surface area (Å²) in [6.07, 6.45) is 3.25. The number of hydrogen-bond donors (Lipinski definition) is 2. The van der Waals surface area contributed by atoms with Crippen molar-refractivity contribution in [3.05, 3.63) is 0 Å². The molecule has 0 saturated carbocycles. The second-order valence-corrected chi connectivity index (χ2v) is 5.36. The van der Waals surface area contributed by atoms with Gasteiger partial charge in [0.1, 0.15) is 0 Å². The Hall–Kier alpha value is -0.610. The van der Waals surface area contributed by atoms with E-state index in [4.69, 9.17) is 10.5 Å². The predicted octanol–water partition coefficient (Wildman–Crippen LogP) is 1.68. The molecule has 0 aromatic carbocycles. The summed E-state index contributed by atoms with van der Waals surface area (Å²) >= 11 is 0. The van der Waals surface area contributed by atoms with Gasteiger partial charge in [0.2, 0.25) is 5.91 Å². The minimum absolute atomic E-state index is 0.0923.